The molecule has 0 saturated heterocycles. The molecule has 76 valence electrons. The second-order valence-corrected chi connectivity index (χ2v) is 3.57. The Morgan fingerprint density at radius 2 is 2.07 bits per heavy atom. The maximum absolute atomic E-state index is 10.7. The van der Waals surface area contributed by atoms with Gasteiger partial charge in [-0.15, -0.1) is 0 Å². The molecule has 1 unspecified atom stereocenters. The summed E-state index contributed by atoms with van der Waals surface area (Å²) in [6.07, 6.45) is 0.457. The lowest BCUT2D eigenvalue weighted by atomic mass is 10.1. The first-order valence-corrected chi connectivity index (χ1v) is 5.14. The van der Waals surface area contributed by atoms with Crippen LogP contribution in [0.5, 0.6) is 0 Å². The van der Waals surface area contributed by atoms with Crippen LogP contribution in [0.15, 0.2) is 24.3 Å². The lowest BCUT2D eigenvalue weighted by Gasteiger charge is -2.09. The zero-order valence-electron chi connectivity index (χ0n) is 7.40. The van der Waals surface area contributed by atoms with Gasteiger partial charge >= 0.3 is 5.97 Å². The molecular weight excluding hydrogens is 295 g/mol. The third-order valence-corrected chi connectivity index (χ3v) is 2.60. The first-order chi connectivity index (χ1) is 6.63. The fraction of sp³-hybridized carbons (Fsp3) is 0.222. The van der Waals surface area contributed by atoms with Crippen molar-refractivity contribution in [1.82, 2.24) is 3.53 Å². The van der Waals surface area contributed by atoms with E-state index in [-0.39, 0.29) is 0 Å². The van der Waals surface area contributed by atoms with E-state index in [0.717, 1.165) is 5.56 Å². The van der Waals surface area contributed by atoms with Crippen molar-refractivity contribution in [2.45, 2.75) is 12.5 Å². The molecule has 1 aromatic carbocycles. The summed E-state index contributed by atoms with van der Waals surface area (Å²) < 4.78 is 2.70. The van der Waals surface area contributed by atoms with Crippen LogP contribution in [-0.2, 0) is 11.2 Å². The third-order valence-electron chi connectivity index (χ3n) is 1.85. The van der Waals surface area contributed by atoms with Gasteiger partial charge in [0.2, 0.25) is 0 Å². The van der Waals surface area contributed by atoms with Crippen molar-refractivity contribution in [3.05, 3.63) is 29.8 Å². The number of nitrogen functional groups attached to an aromatic ring is 1. The molecule has 0 aliphatic rings. The van der Waals surface area contributed by atoms with Gasteiger partial charge in [0, 0.05) is 28.6 Å². The predicted octanol–water partition coefficient (Wildman–Crippen LogP) is 1.20. The van der Waals surface area contributed by atoms with Gasteiger partial charge in [0.15, 0.2) is 0 Å². The number of carbonyl (C=O) groups is 1. The minimum absolute atomic E-state index is 0.457. The number of hydrogen-bond donors (Lipinski definition) is 3. The van der Waals surface area contributed by atoms with Crippen LogP contribution in [-0.4, -0.2) is 17.1 Å². The number of carboxylic acids is 1. The van der Waals surface area contributed by atoms with Crippen LogP contribution in [0.1, 0.15) is 5.56 Å². The van der Waals surface area contributed by atoms with E-state index in [2.05, 4.69) is 3.53 Å². The summed E-state index contributed by atoms with van der Waals surface area (Å²) in [6.45, 7) is 0. The van der Waals surface area contributed by atoms with E-state index in [1.807, 2.05) is 35.0 Å². The van der Waals surface area contributed by atoms with Crippen molar-refractivity contribution in [1.29, 1.82) is 0 Å². The van der Waals surface area contributed by atoms with Crippen molar-refractivity contribution in [2.75, 3.05) is 5.73 Å². The van der Waals surface area contributed by atoms with Crippen LogP contribution in [0.2, 0.25) is 0 Å². The molecular formula is C9H11IN2O2. The molecule has 0 spiro atoms. The summed E-state index contributed by atoms with van der Waals surface area (Å²) in [5.74, 6) is -0.851. The van der Waals surface area contributed by atoms with Crippen LogP contribution in [0.4, 0.5) is 5.69 Å². The van der Waals surface area contributed by atoms with Crippen LogP contribution < -0.4 is 9.26 Å². The molecule has 14 heavy (non-hydrogen) atoms. The lowest BCUT2D eigenvalue weighted by Crippen LogP contribution is -2.32. The van der Waals surface area contributed by atoms with Gasteiger partial charge in [0.1, 0.15) is 6.04 Å². The summed E-state index contributed by atoms with van der Waals surface area (Å²) in [5, 5.41) is 8.80. The Balaban J connectivity index is 2.67. The molecule has 0 radical (unpaired) electrons. The summed E-state index contributed by atoms with van der Waals surface area (Å²) in [6, 6.07) is 6.64. The predicted molar refractivity (Wildman–Crippen MR) is 63.1 cm³/mol. The summed E-state index contributed by atoms with van der Waals surface area (Å²) >= 11 is 1.84. The third kappa shape index (κ3) is 3.15. The number of benzene rings is 1. The second-order valence-electron chi connectivity index (χ2n) is 2.95. The van der Waals surface area contributed by atoms with Crippen molar-refractivity contribution in [3.63, 3.8) is 0 Å². The van der Waals surface area contributed by atoms with Crippen LogP contribution in [0, 0.1) is 0 Å². The van der Waals surface area contributed by atoms with Gasteiger partial charge in [-0.1, -0.05) is 12.1 Å². The Bertz CT molecular complexity index is 313. The molecule has 1 atom stereocenters. The highest BCUT2D eigenvalue weighted by atomic mass is 127. The van der Waals surface area contributed by atoms with Gasteiger partial charge < -0.3 is 10.8 Å². The molecule has 0 fully saturated rings. The maximum Gasteiger partial charge on any atom is 0.321 e. The topological polar surface area (TPSA) is 75.3 Å². The van der Waals surface area contributed by atoms with E-state index in [4.69, 9.17) is 10.8 Å². The summed E-state index contributed by atoms with van der Waals surface area (Å²) in [4.78, 5) is 10.7. The fourth-order valence-corrected chi connectivity index (χ4v) is 1.55. The van der Waals surface area contributed by atoms with Gasteiger partial charge in [-0.3, -0.25) is 4.79 Å². The number of nitrogens with one attached hydrogen (secondary N) is 1. The van der Waals surface area contributed by atoms with Crippen LogP contribution in [0.3, 0.4) is 0 Å². The summed E-state index contributed by atoms with van der Waals surface area (Å²) in [7, 11) is 0. The fourth-order valence-electron chi connectivity index (χ4n) is 1.06. The maximum atomic E-state index is 10.7. The van der Waals surface area contributed by atoms with Crippen molar-refractivity contribution in [2.24, 2.45) is 0 Å². The SMILES string of the molecule is Nc1ccc(CC(NI)C(=O)O)cc1. The molecule has 4 N–H and O–H groups in total. The minimum Gasteiger partial charge on any atom is -0.480 e. The number of aliphatic carboxylic acids is 1. The first-order valence-electron chi connectivity index (χ1n) is 4.07. The van der Waals surface area contributed by atoms with Crippen molar-refractivity contribution < 1.29 is 9.90 Å². The number of rotatable bonds is 4. The molecule has 0 aliphatic heterocycles. The lowest BCUT2D eigenvalue weighted by molar-refractivity contribution is -0.138. The Morgan fingerprint density at radius 1 is 1.50 bits per heavy atom. The Kier molecular flexibility index (Phi) is 4.15. The number of anilines is 1. The molecule has 0 aliphatic carbocycles. The summed E-state index contributed by atoms with van der Waals surface area (Å²) in [5.41, 5.74) is 7.15. The molecule has 0 amide bonds. The molecule has 1 rings (SSSR count). The normalized spacial score (nSPS) is 12.4. The van der Waals surface area contributed by atoms with E-state index in [9.17, 15) is 4.79 Å². The zero-order valence-corrected chi connectivity index (χ0v) is 9.56. The van der Waals surface area contributed by atoms with E-state index < -0.39 is 12.0 Å². The average Bonchev–Trinajstić information content (AvgIpc) is 2.16. The van der Waals surface area contributed by atoms with Gasteiger partial charge in [-0.05, 0) is 24.1 Å². The number of carboxylic acid groups (broad SMARTS) is 1. The number of nitrogens with two attached hydrogens (primary N) is 1. The molecule has 1 aromatic rings. The molecule has 5 heteroatoms. The van der Waals surface area contributed by atoms with Gasteiger partial charge in [0.25, 0.3) is 0 Å². The van der Waals surface area contributed by atoms with Crippen molar-refractivity contribution in [3.8, 4) is 0 Å². The Labute approximate surface area is 96.0 Å². The van der Waals surface area contributed by atoms with E-state index in [1.54, 1.807) is 12.1 Å². The molecule has 0 saturated carbocycles. The highest BCUT2D eigenvalue weighted by Gasteiger charge is 2.15. The Hall–Kier alpha value is -0.820. The first kappa shape index (κ1) is 11.3. The molecule has 0 heterocycles. The number of hydrogen-bond acceptors (Lipinski definition) is 3. The monoisotopic (exact) mass is 306 g/mol. The quantitative estimate of drug-likeness (QED) is 0.444. The zero-order chi connectivity index (χ0) is 10.6. The van der Waals surface area contributed by atoms with E-state index in [0.29, 0.717) is 12.1 Å². The Morgan fingerprint density at radius 3 is 2.50 bits per heavy atom. The van der Waals surface area contributed by atoms with Gasteiger partial charge in [0.05, 0.1) is 0 Å². The number of halogens is 1. The molecule has 0 bridgehead atoms. The van der Waals surface area contributed by atoms with Gasteiger partial charge in [-0.25, -0.2) is 3.53 Å². The standard InChI is InChI=1S/C9H11IN2O2/c10-12-8(9(13)14)5-6-1-3-7(11)4-2-6/h1-4,8,12H,5,11H2,(H,13,14). The average molecular weight is 306 g/mol. The van der Waals surface area contributed by atoms with Crippen LogP contribution in [0.25, 0.3) is 0 Å². The smallest absolute Gasteiger partial charge is 0.321 e. The van der Waals surface area contributed by atoms with Gasteiger partial charge in [-0.2, -0.15) is 0 Å². The molecule has 4 nitrogen and oxygen atoms in total. The van der Waals surface area contributed by atoms with E-state index in [1.165, 1.54) is 0 Å². The highest BCUT2D eigenvalue weighted by molar-refractivity contribution is 14.1. The molecule has 0 aromatic heterocycles. The second kappa shape index (κ2) is 5.16. The minimum atomic E-state index is -0.851. The largest absolute Gasteiger partial charge is 0.480 e. The highest BCUT2D eigenvalue weighted by Crippen LogP contribution is 2.08. The van der Waals surface area contributed by atoms with Crippen LogP contribution >= 0.6 is 22.9 Å². The van der Waals surface area contributed by atoms with Crippen molar-refractivity contribution >= 4 is 34.5 Å². The van der Waals surface area contributed by atoms with E-state index >= 15 is 0 Å².